The number of benzene rings is 2. The Morgan fingerprint density at radius 2 is 1.86 bits per heavy atom. The number of nitrogen functional groups attached to an aromatic ring is 1. The van der Waals surface area contributed by atoms with E-state index < -0.39 is 0 Å². The van der Waals surface area contributed by atoms with Gasteiger partial charge in [0, 0.05) is 42.6 Å². The predicted octanol–water partition coefficient (Wildman–Crippen LogP) is 3.02. The Morgan fingerprint density at radius 1 is 1.07 bits per heavy atom. The lowest BCUT2D eigenvalue weighted by Crippen LogP contribution is -2.36. The molecule has 0 amide bonds. The van der Waals surface area contributed by atoms with Crippen molar-refractivity contribution in [3.63, 3.8) is 0 Å². The van der Waals surface area contributed by atoms with Crippen LogP contribution in [0.1, 0.15) is 17.0 Å². The SMILES string of the molecule is N#Cc1cc(-c2ccnc(Cc3ccc(N4CCOCC4)cc3)n2)ccc1N. The Kier molecular flexibility index (Phi) is 5.18. The Bertz CT molecular complexity index is 1000. The first-order valence-electron chi connectivity index (χ1n) is 9.26. The molecule has 3 aromatic rings. The summed E-state index contributed by atoms with van der Waals surface area (Å²) in [5.41, 5.74) is 10.8. The van der Waals surface area contributed by atoms with Crippen LogP contribution in [-0.4, -0.2) is 36.3 Å². The number of anilines is 2. The number of nitrogens with zero attached hydrogens (tertiary/aromatic N) is 4. The van der Waals surface area contributed by atoms with E-state index in [2.05, 4.69) is 45.2 Å². The Labute approximate surface area is 164 Å². The van der Waals surface area contributed by atoms with Gasteiger partial charge in [0.2, 0.25) is 0 Å². The highest BCUT2D eigenvalue weighted by Crippen LogP contribution is 2.23. The van der Waals surface area contributed by atoms with Crippen LogP contribution in [0.3, 0.4) is 0 Å². The Morgan fingerprint density at radius 3 is 2.61 bits per heavy atom. The fourth-order valence-corrected chi connectivity index (χ4v) is 3.29. The summed E-state index contributed by atoms with van der Waals surface area (Å²) in [6, 6.07) is 17.9. The maximum atomic E-state index is 9.18. The van der Waals surface area contributed by atoms with E-state index in [1.54, 1.807) is 18.3 Å². The molecule has 140 valence electrons. The zero-order chi connectivity index (χ0) is 19.3. The fourth-order valence-electron chi connectivity index (χ4n) is 3.29. The molecule has 0 unspecified atom stereocenters. The topological polar surface area (TPSA) is 88.1 Å². The van der Waals surface area contributed by atoms with Crippen molar-refractivity contribution in [1.29, 1.82) is 5.26 Å². The van der Waals surface area contributed by atoms with E-state index in [4.69, 9.17) is 10.5 Å². The third-order valence-corrected chi connectivity index (χ3v) is 4.85. The highest BCUT2D eigenvalue weighted by atomic mass is 16.5. The number of morpholine rings is 1. The molecule has 2 heterocycles. The van der Waals surface area contributed by atoms with E-state index >= 15 is 0 Å². The van der Waals surface area contributed by atoms with Gasteiger partial charge in [0.1, 0.15) is 11.9 Å². The van der Waals surface area contributed by atoms with Gasteiger partial charge in [0.25, 0.3) is 0 Å². The summed E-state index contributed by atoms with van der Waals surface area (Å²) < 4.78 is 5.41. The van der Waals surface area contributed by atoms with E-state index in [0.717, 1.165) is 48.9 Å². The molecular weight excluding hydrogens is 350 g/mol. The quantitative estimate of drug-likeness (QED) is 0.709. The van der Waals surface area contributed by atoms with Crippen molar-refractivity contribution >= 4 is 11.4 Å². The van der Waals surface area contributed by atoms with Crippen LogP contribution in [-0.2, 0) is 11.2 Å². The minimum absolute atomic E-state index is 0.455. The number of nitriles is 1. The molecule has 0 radical (unpaired) electrons. The molecule has 1 aromatic heterocycles. The summed E-state index contributed by atoms with van der Waals surface area (Å²) in [5, 5.41) is 9.18. The summed E-state index contributed by atoms with van der Waals surface area (Å²) in [6.45, 7) is 3.41. The van der Waals surface area contributed by atoms with Gasteiger partial charge in [0.05, 0.1) is 24.5 Å². The van der Waals surface area contributed by atoms with Crippen molar-refractivity contribution in [3.05, 3.63) is 71.7 Å². The summed E-state index contributed by atoms with van der Waals surface area (Å²) >= 11 is 0. The van der Waals surface area contributed by atoms with E-state index in [9.17, 15) is 5.26 Å². The lowest BCUT2D eigenvalue weighted by Gasteiger charge is -2.28. The number of hydrogen-bond donors (Lipinski definition) is 1. The third kappa shape index (κ3) is 3.95. The van der Waals surface area contributed by atoms with Gasteiger partial charge in [-0.2, -0.15) is 5.26 Å². The Balaban J connectivity index is 1.51. The smallest absolute Gasteiger partial charge is 0.133 e. The molecule has 1 fully saturated rings. The molecule has 1 saturated heterocycles. The molecule has 0 bridgehead atoms. The normalized spacial score (nSPS) is 13.9. The van der Waals surface area contributed by atoms with Crippen LogP contribution in [0.15, 0.2) is 54.7 Å². The summed E-state index contributed by atoms with van der Waals surface area (Å²) in [7, 11) is 0. The fraction of sp³-hybridized carbons (Fsp3) is 0.227. The molecule has 2 N–H and O–H groups in total. The molecule has 6 heteroatoms. The maximum Gasteiger partial charge on any atom is 0.133 e. The number of nitrogens with two attached hydrogens (primary N) is 1. The average molecular weight is 371 g/mol. The van der Waals surface area contributed by atoms with Crippen molar-refractivity contribution in [1.82, 2.24) is 9.97 Å². The largest absolute Gasteiger partial charge is 0.398 e. The summed E-state index contributed by atoms with van der Waals surface area (Å²) in [4.78, 5) is 11.4. The molecule has 1 aliphatic rings. The monoisotopic (exact) mass is 371 g/mol. The van der Waals surface area contributed by atoms with Gasteiger partial charge < -0.3 is 15.4 Å². The van der Waals surface area contributed by atoms with Crippen molar-refractivity contribution < 1.29 is 4.74 Å². The van der Waals surface area contributed by atoms with Gasteiger partial charge in [-0.25, -0.2) is 9.97 Å². The number of ether oxygens (including phenoxy) is 1. The highest BCUT2D eigenvalue weighted by molar-refractivity contribution is 5.67. The van der Waals surface area contributed by atoms with Gasteiger partial charge in [-0.05, 0) is 35.9 Å². The molecule has 0 spiro atoms. The molecule has 2 aromatic carbocycles. The maximum absolute atomic E-state index is 9.18. The molecule has 0 atom stereocenters. The second-order valence-electron chi connectivity index (χ2n) is 6.71. The van der Waals surface area contributed by atoms with Gasteiger partial charge in [-0.3, -0.25) is 0 Å². The molecule has 1 aliphatic heterocycles. The number of rotatable bonds is 4. The number of hydrogen-bond acceptors (Lipinski definition) is 6. The lowest BCUT2D eigenvalue weighted by molar-refractivity contribution is 0.122. The predicted molar refractivity (Wildman–Crippen MR) is 109 cm³/mol. The third-order valence-electron chi connectivity index (χ3n) is 4.85. The molecule has 4 rings (SSSR count). The van der Waals surface area contributed by atoms with Gasteiger partial charge in [0.15, 0.2) is 0 Å². The second-order valence-corrected chi connectivity index (χ2v) is 6.71. The van der Waals surface area contributed by atoms with Crippen LogP contribution < -0.4 is 10.6 Å². The van der Waals surface area contributed by atoms with Crippen molar-refractivity contribution in [3.8, 4) is 17.3 Å². The molecule has 6 nitrogen and oxygen atoms in total. The minimum Gasteiger partial charge on any atom is -0.398 e. The minimum atomic E-state index is 0.455. The van der Waals surface area contributed by atoms with Crippen molar-refractivity contribution in [2.45, 2.75) is 6.42 Å². The molecule has 0 aliphatic carbocycles. The van der Waals surface area contributed by atoms with Crippen LogP contribution in [0.4, 0.5) is 11.4 Å². The first kappa shape index (κ1) is 18.0. The average Bonchev–Trinajstić information content (AvgIpc) is 2.75. The van der Waals surface area contributed by atoms with Crippen LogP contribution in [0.5, 0.6) is 0 Å². The first-order valence-corrected chi connectivity index (χ1v) is 9.26. The van der Waals surface area contributed by atoms with Crippen LogP contribution >= 0.6 is 0 Å². The van der Waals surface area contributed by atoms with Crippen molar-refractivity contribution in [2.24, 2.45) is 0 Å². The summed E-state index contributed by atoms with van der Waals surface area (Å²) in [6.07, 6.45) is 2.40. The van der Waals surface area contributed by atoms with Gasteiger partial charge >= 0.3 is 0 Å². The Hall–Kier alpha value is -3.43. The van der Waals surface area contributed by atoms with E-state index in [-0.39, 0.29) is 0 Å². The van der Waals surface area contributed by atoms with Gasteiger partial charge in [-0.15, -0.1) is 0 Å². The second kappa shape index (κ2) is 8.07. The van der Waals surface area contributed by atoms with E-state index in [0.29, 0.717) is 17.7 Å². The number of aromatic nitrogens is 2. The van der Waals surface area contributed by atoms with Crippen LogP contribution in [0, 0.1) is 11.3 Å². The standard InChI is InChI=1S/C22H21N5O/c23-15-18-14-17(3-6-20(18)24)21-7-8-25-22(26-21)13-16-1-4-19(5-2-16)27-9-11-28-12-10-27/h1-8,14H,9-13,24H2. The summed E-state index contributed by atoms with van der Waals surface area (Å²) in [5.74, 6) is 0.743. The highest BCUT2D eigenvalue weighted by Gasteiger charge is 2.11. The first-order chi connectivity index (χ1) is 13.7. The van der Waals surface area contributed by atoms with Crippen LogP contribution in [0.25, 0.3) is 11.3 Å². The van der Waals surface area contributed by atoms with E-state index in [1.165, 1.54) is 5.69 Å². The van der Waals surface area contributed by atoms with Gasteiger partial charge in [-0.1, -0.05) is 18.2 Å². The molecule has 0 saturated carbocycles. The zero-order valence-electron chi connectivity index (χ0n) is 15.5. The van der Waals surface area contributed by atoms with E-state index in [1.807, 2.05) is 12.1 Å². The zero-order valence-corrected chi connectivity index (χ0v) is 15.5. The molecular formula is C22H21N5O. The van der Waals surface area contributed by atoms with Crippen molar-refractivity contribution in [2.75, 3.05) is 36.9 Å². The molecule has 28 heavy (non-hydrogen) atoms. The van der Waals surface area contributed by atoms with Crippen LogP contribution in [0.2, 0.25) is 0 Å². The lowest BCUT2D eigenvalue weighted by atomic mass is 10.1.